The first-order valence-corrected chi connectivity index (χ1v) is 6.38. The highest BCUT2D eigenvalue weighted by Gasteiger charge is 2.17. The van der Waals surface area contributed by atoms with Gasteiger partial charge in [-0.05, 0) is 24.3 Å². The largest absolute Gasteiger partial charge is 0.368 e. The zero-order valence-electron chi connectivity index (χ0n) is 10.4. The SMILES string of the molecule is c1ccc(N2CCN(c3cccnc3)CC2)cc1. The number of para-hydroxylation sites is 1. The van der Waals surface area contributed by atoms with Crippen molar-refractivity contribution in [3.63, 3.8) is 0 Å². The van der Waals surface area contributed by atoms with Crippen LogP contribution in [0.1, 0.15) is 0 Å². The van der Waals surface area contributed by atoms with Crippen LogP contribution in [0.5, 0.6) is 0 Å². The molecule has 1 fully saturated rings. The second-order valence-corrected chi connectivity index (χ2v) is 4.52. The molecule has 2 heterocycles. The Morgan fingerprint density at radius 3 is 1.94 bits per heavy atom. The quantitative estimate of drug-likeness (QED) is 0.802. The number of hydrogen-bond donors (Lipinski definition) is 0. The minimum Gasteiger partial charge on any atom is -0.368 e. The van der Waals surface area contributed by atoms with E-state index in [2.05, 4.69) is 51.2 Å². The molecule has 1 aliphatic heterocycles. The van der Waals surface area contributed by atoms with Gasteiger partial charge in [-0.1, -0.05) is 18.2 Å². The minimum atomic E-state index is 1.06. The molecule has 1 aliphatic rings. The van der Waals surface area contributed by atoms with Crippen molar-refractivity contribution in [2.75, 3.05) is 36.0 Å². The first-order chi connectivity index (χ1) is 8.93. The van der Waals surface area contributed by atoms with Gasteiger partial charge in [0.2, 0.25) is 0 Å². The Morgan fingerprint density at radius 2 is 1.33 bits per heavy atom. The van der Waals surface area contributed by atoms with Gasteiger partial charge in [-0.3, -0.25) is 4.98 Å². The number of anilines is 2. The van der Waals surface area contributed by atoms with Crippen LogP contribution < -0.4 is 9.80 Å². The molecule has 0 spiro atoms. The van der Waals surface area contributed by atoms with E-state index < -0.39 is 0 Å². The first-order valence-electron chi connectivity index (χ1n) is 6.38. The fourth-order valence-corrected chi connectivity index (χ4v) is 2.40. The summed E-state index contributed by atoms with van der Waals surface area (Å²) in [5, 5.41) is 0. The van der Waals surface area contributed by atoms with Crippen molar-refractivity contribution in [1.29, 1.82) is 0 Å². The zero-order chi connectivity index (χ0) is 12.2. The maximum Gasteiger partial charge on any atom is 0.0553 e. The van der Waals surface area contributed by atoms with Gasteiger partial charge < -0.3 is 9.80 Å². The lowest BCUT2D eigenvalue weighted by Crippen LogP contribution is -2.46. The van der Waals surface area contributed by atoms with Crippen LogP contribution >= 0.6 is 0 Å². The molecule has 0 aliphatic carbocycles. The van der Waals surface area contributed by atoms with E-state index in [1.165, 1.54) is 11.4 Å². The van der Waals surface area contributed by atoms with E-state index in [1.54, 1.807) is 0 Å². The van der Waals surface area contributed by atoms with E-state index in [0.717, 1.165) is 26.2 Å². The molecule has 3 nitrogen and oxygen atoms in total. The normalized spacial score (nSPS) is 15.8. The fourth-order valence-electron chi connectivity index (χ4n) is 2.40. The summed E-state index contributed by atoms with van der Waals surface area (Å²) in [6.45, 7) is 4.25. The van der Waals surface area contributed by atoms with Crippen molar-refractivity contribution in [1.82, 2.24) is 4.98 Å². The Hall–Kier alpha value is -2.03. The van der Waals surface area contributed by atoms with Crippen molar-refractivity contribution < 1.29 is 0 Å². The number of benzene rings is 1. The first kappa shape index (κ1) is 11.1. The Balaban J connectivity index is 1.65. The van der Waals surface area contributed by atoms with Gasteiger partial charge in [0, 0.05) is 38.1 Å². The van der Waals surface area contributed by atoms with Crippen LogP contribution in [-0.2, 0) is 0 Å². The second kappa shape index (κ2) is 5.08. The maximum absolute atomic E-state index is 4.18. The number of piperazine rings is 1. The number of aromatic nitrogens is 1. The van der Waals surface area contributed by atoms with E-state index in [9.17, 15) is 0 Å². The Labute approximate surface area is 108 Å². The summed E-state index contributed by atoms with van der Waals surface area (Å²) < 4.78 is 0. The van der Waals surface area contributed by atoms with Crippen LogP contribution in [0.3, 0.4) is 0 Å². The molecule has 1 aromatic carbocycles. The van der Waals surface area contributed by atoms with Crippen molar-refractivity contribution in [2.45, 2.75) is 0 Å². The summed E-state index contributed by atoms with van der Waals surface area (Å²) in [5.41, 5.74) is 2.55. The third kappa shape index (κ3) is 2.30. The van der Waals surface area contributed by atoms with Crippen LogP contribution in [0, 0.1) is 0 Å². The van der Waals surface area contributed by atoms with Gasteiger partial charge in [-0.25, -0.2) is 0 Å². The van der Waals surface area contributed by atoms with Crippen LogP contribution in [-0.4, -0.2) is 31.2 Å². The summed E-state index contributed by atoms with van der Waals surface area (Å²) in [6.07, 6.45) is 3.77. The van der Waals surface area contributed by atoms with Gasteiger partial charge in [-0.2, -0.15) is 0 Å². The van der Waals surface area contributed by atoms with Crippen LogP contribution in [0.25, 0.3) is 0 Å². The van der Waals surface area contributed by atoms with Gasteiger partial charge in [0.15, 0.2) is 0 Å². The second-order valence-electron chi connectivity index (χ2n) is 4.52. The molecule has 0 saturated carbocycles. The van der Waals surface area contributed by atoms with Gasteiger partial charge in [0.1, 0.15) is 0 Å². The summed E-state index contributed by atoms with van der Waals surface area (Å²) in [6, 6.07) is 14.8. The highest BCUT2D eigenvalue weighted by atomic mass is 15.3. The number of pyridine rings is 1. The summed E-state index contributed by atoms with van der Waals surface area (Å²) in [5.74, 6) is 0. The summed E-state index contributed by atoms with van der Waals surface area (Å²) in [4.78, 5) is 9.01. The zero-order valence-corrected chi connectivity index (χ0v) is 10.4. The number of hydrogen-bond acceptors (Lipinski definition) is 3. The van der Waals surface area contributed by atoms with Crippen molar-refractivity contribution >= 4 is 11.4 Å². The van der Waals surface area contributed by atoms with Crippen molar-refractivity contribution in [2.24, 2.45) is 0 Å². The molecule has 0 bridgehead atoms. The molecule has 2 aromatic rings. The standard InChI is InChI=1S/C15H17N3/c1-2-5-14(6-3-1)17-9-11-18(12-10-17)15-7-4-8-16-13-15/h1-8,13H,9-12H2. The molecule has 0 N–H and O–H groups in total. The molecular weight excluding hydrogens is 222 g/mol. The smallest absolute Gasteiger partial charge is 0.0553 e. The van der Waals surface area contributed by atoms with Crippen LogP contribution in [0.2, 0.25) is 0 Å². The van der Waals surface area contributed by atoms with Gasteiger partial charge in [0.05, 0.1) is 11.9 Å². The predicted molar refractivity (Wildman–Crippen MR) is 75.1 cm³/mol. The Kier molecular flexibility index (Phi) is 3.13. The fraction of sp³-hybridized carbons (Fsp3) is 0.267. The highest BCUT2D eigenvalue weighted by Crippen LogP contribution is 2.19. The maximum atomic E-state index is 4.18. The Bertz CT molecular complexity index is 428. The van der Waals surface area contributed by atoms with Crippen LogP contribution in [0.15, 0.2) is 54.9 Å². The highest BCUT2D eigenvalue weighted by molar-refractivity contribution is 5.50. The van der Waals surface area contributed by atoms with E-state index in [0.29, 0.717) is 0 Å². The lowest BCUT2D eigenvalue weighted by Gasteiger charge is -2.37. The van der Waals surface area contributed by atoms with Gasteiger partial charge >= 0.3 is 0 Å². The number of rotatable bonds is 2. The van der Waals surface area contributed by atoms with E-state index >= 15 is 0 Å². The third-order valence-corrected chi connectivity index (χ3v) is 3.41. The van der Waals surface area contributed by atoms with Gasteiger partial charge in [-0.15, -0.1) is 0 Å². The van der Waals surface area contributed by atoms with Crippen molar-refractivity contribution in [3.8, 4) is 0 Å². The topological polar surface area (TPSA) is 19.4 Å². The molecule has 3 rings (SSSR count). The van der Waals surface area contributed by atoms with E-state index in [4.69, 9.17) is 0 Å². The third-order valence-electron chi connectivity index (χ3n) is 3.41. The average Bonchev–Trinajstić information content (AvgIpc) is 2.49. The molecule has 0 amide bonds. The minimum absolute atomic E-state index is 1.06. The predicted octanol–water partition coefficient (Wildman–Crippen LogP) is 2.41. The van der Waals surface area contributed by atoms with Crippen LogP contribution in [0.4, 0.5) is 11.4 Å². The van der Waals surface area contributed by atoms with Gasteiger partial charge in [0.25, 0.3) is 0 Å². The molecule has 3 heteroatoms. The molecule has 1 aromatic heterocycles. The molecular formula is C15H17N3. The van der Waals surface area contributed by atoms with E-state index in [1.807, 2.05) is 18.5 Å². The summed E-state index contributed by atoms with van der Waals surface area (Å²) >= 11 is 0. The van der Waals surface area contributed by atoms with Crippen molar-refractivity contribution in [3.05, 3.63) is 54.9 Å². The Morgan fingerprint density at radius 1 is 0.722 bits per heavy atom. The van der Waals surface area contributed by atoms with E-state index in [-0.39, 0.29) is 0 Å². The average molecular weight is 239 g/mol. The lowest BCUT2D eigenvalue weighted by molar-refractivity contribution is 0.653. The summed E-state index contributed by atoms with van der Waals surface area (Å²) in [7, 11) is 0. The molecule has 0 radical (unpaired) electrons. The molecule has 1 saturated heterocycles. The molecule has 0 unspecified atom stereocenters. The molecule has 18 heavy (non-hydrogen) atoms. The lowest BCUT2D eigenvalue weighted by atomic mass is 10.2. The molecule has 0 atom stereocenters. The molecule has 92 valence electrons. The number of nitrogens with zero attached hydrogens (tertiary/aromatic N) is 3. The monoisotopic (exact) mass is 239 g/mol.